The van der Waals surface area contributed by atoms with Gasteiger partial charge in [0.1, 0.15) is 18.1 Å². The third-order valence-corrected chi connectivity index (χ3v) is 5.08. The molecule has 0 aliphatic heterocycles. The Balaban J connectivity index is 1.38. The molecular formula is C27H30N2O4S. The highest BCUT2D eigenvalue weighted by Crippen LogP contribution is 2.17. The first-order valence-corrected chi connectivity index (χ1v) is 11.7. The molecule has 2 N–H and O–H groups in total. The lowest BCUT2D eigenvalue weighted by atomic mass is 10.1. The molecule has 0 aliphatic rings. The van der Waals surface area contributed by atoms with Crippen LogP contribution in [-0.4, -0.2) is 37.4 Å². The van der Waals surface area contributed by atoms with E-state index in [9.17, 15) is 4.79 Å². The summed E-state index contributed by atoms with van der Waals surface area (Å²) in [7, 11) is 0. The van der Waals surface area contributed by atoms with Crippen LogP contribution in [0.4, 0.5) is 5.69 Å². The molecule has 178 valence electrons. The molecule has 7 heteroatoms. The molecule has 0 atom stereocenters. The van der Waals surface area contributed by atoms with Gasteiger partial charge in [0.25, 0.3) is 5.91 Å². The maximum absolute atomic E-state index is 12.4. The van der Waals surface area contributed by atoms with E-state index in [1.165, 1.54) is 5.56 Å². The fraction of sp³-hybridized carbons (Fsp3) is 0.259. The second-order valence-electron chi connectivity index (χ2n) is 7.44. The molecule has 1 amide bonds. The molecule has 0 fully saturated rings. The lowest BCUT2D eigenvalue weighted by Crippen LogP contribution is -2.34. The minimum atomic E-state index is -0.295. The first kappa shape index (κ1) is 25.2. The van der Waals surface area contributed by atoms with Crippen LogP contribution < -0.4 is 20.1 Å². The Morgan fingerprint density at radius 1 is 0.824 bits per heavy atom. The average Bonchev–Trinajstić information content (AvgIpc) is 2.86. The Hall–Kier alpha value is -3.42. The lowest BCUT2D eigenvalue weighted by molar-refractivity contribution is 0.0977. The van der Waals surface area contributed by atoms with Crippen molar-refractivity contribution in [3.8, 4) is 11.5 Å². The van der Waals surface area contributed by atoms with Gasteiger partial charge in [-0.1, -0.05) is 30.3 Å². The predicted octanol–water partition coefficient (Wildman–Crippen LogP) is 5.24. The number of rotatable bonds is 12. The fourth-order valence-electron chi connectivity index (χ4n) is 3.15. The van der Waals surface area contributed by atoms with Gasteiger partial charge in [-0.25, -0.2) is 0 Å². The largest absolute Gasteiger partial charge is 0.494 e. The second-order valence-corrected chi connectivity index (χ2v) is 7.85. The zero-order valence-electron chi connectivity index (χ0n) is 19.3. The molecule has 3 aromatic rings. The summed E-state index contributed by atoms with van der Waals surface area (Å²) in [6.07, 6.45) is 1.93. The summed E-state index contributed by atoms with van der Waals surface area (Å²) in [5, 5.41) is 5.92. The van der Waals surface area contributed by atoms with Crippen LogP contribution in [0.25, 0.3) is 0 Å². The van der Waals surface area contributed by atoms with Crippen LogP contribution in [-0.2, 0) is 11.2 Å². The quantitative estimate of drug-likeness (QED) is 0.274. The van der Waals surface area contributed by atoms with Gasteiger partial charge in [0.05, 0.1) is 13.2 Å². The minimum Gasteiger partial charge on any atom is -0.494 e. The van der Waals surface area contributed by atoms with E-state index in [0.717, 1.165) is 24.3 Å². The van der Waals surface area contributed by atoms with E-state index >= 15 is 0 Å². The van der Waals surface area contributed by atoms with Crippen LogP contribution >= 0.6 is 12.2 Å². The number of thiocarbonyl (C=S) groups is 1. The van der Waals surface area contributed by atoms with Crippen LogP contribution in [0.5, 0.6) is 11.5 Å². The van der Waals surface area contributed by atoms with Crippen molar-refractivity contribution in [3.63, 3.8) is 0 Å². The Kier molecular flexibility index (Phi) is 10.4. The summed E-state index contributed by atoms with van der Waals surface area (Å²) in [6, 6.07) is 24.7. The first-order chi connectivity index (χ1) is 16.6. The van der Waals surface area contributed by atoms with Gasteiger partial charge in [0.15, 0.2) is 5.11 Å². The molecular weight excluding hydrogens is 448 g/mol. The van der Waals surface area contributed by atoms with Crippen molar-refractivity contribution >= 4 is 28.9 Å². The van der Waals surface area contributed by atoms with Gasteiger partial charge in [-0.3, -0.25) is 10.1 Å². The highest BCUT2D eigenvalue weighted by atomic mass is 32.1. The van der Waals surface area contributed by atoms with E-state index in [0.29, 0.717) is 37.7 Å². The molecule has 34 heavy (non-hydrogen) atoms. The van der Waals surface area contributed by atoms with Crippen molar-refractivity contribution in [2.24, 2.45) is 0 Å². The van der Waals surface area contributed by atoms with Crippen LogP contribution in [0.3, 0.4) is 0 Å². The van der Waals surface area contributed by atoms with E-state index in [-0.39, 0.29) is 11.0 Å². The molecule has 0 spiro atoms. The first-order valence-electron chi connectivity index (χ1n) is 11.3. The van der Waals surface area contributed by atoms with Gasteiger partial charge in [-0.05, 0) is 86.1 Å². The number of carbonyl (C=O) groups is 1. The molecule has 0 aromatic heterocycles. The summed E-state index contributed by atoms with van der Waals surface area (Å²) in [6.45, 7) is 4.23. The molecule has 6 nitrogen and oxygen atoms in total. The number of hydrogen-bond acceptors (Lipinski definition) is 5. The number of anilines is 1. The summed E-state index contributed by atoms with van der Waals surface area (Å²) in [5.41, 5.74) is 2.56. The van der Waals surface area contributed by atoms with E-state index in [1.54, 1.807) is 24.3 Å². The number of carbonyl (C=O) groups excluding carboxylic acids is 1. The van der Waals surface area contributed by atoms with E-state index in [1.807, 2.05) is 49.4 Å². The van der Waals surface area contributed by atoms with Crippen molar-refractivity contribution in [1.82, 2.24) is 5.32 Å². The number of benzene rings is 3. The Morgan fingerprint density at radius 3 is 2.15 bits per heavy atom. The third kappa shape index (κ3) is 8.84. The van der Waals surface area contributed by atoms with Crippen molar-refractivity contribution < 1.29 is 19.0 Å². The van der Waals surface area contributed by atoms with Gasteiger partial charge >= 0.3 is 0 Å². The number of amides is 1. The minimum absolute atomic E-state index is 0.221. The SMILES string of the molecule is CCOCCOc1ccc(C(=O)NC(=S)Nc2ccc(OCCCc3ccccc3)cc2)cc1. The van der Waals surface area contributed by atoms with Gasteiger partial charge < -0.3 is 19.5 Å². The van der Waals surface area contributed by atoms with Crippen LogP contribution in [0.1, 0.15) is 29.3 Å². The number of nitrogens with one attached hydrogen (secondary N) is 2. The molecule has 0 unspecified atom stereocenters. The summed E-state index contributed by atoms with van der Waals surface area (Å²) in [4.78, 5) is 12.4. The van der Waals surface area contributed by atoms with E-state index < -0.39 is 0 Å². The number of ether oxygens (including phenoxy) is 3. The zero-order valence-corrected chi connectivity index (χ0v) is 20.1. The fourth-order valence-corrected chi connectivity index (χ4v) is 3.36. The highest BCUT2D eigenvalue weighted by Gasteiger charge is 2.08. The van der Waals surface area contributed by atoms with Crippen LogP contribution in [0.2, 0.25) is 0 Å². The summed E-state index contributed by atoms with van der Waals surface area (Å²) >= 11 is 5.27. The average molecular weight is 479 g/mol. The molecule has 0 saturated heterocycles. The van der Waals surface area contributed by atoms with Crippen molar-refractivity contribution in [2.45, 2.75) is 19.8 Å². The van der Waals surface area contributed by atoms with Gasteiger partial charge in [0, 0.05) is 17.9 Å². The van der Waals surface area contributed by atoms with Crippen molar-refractivity contribution in [3.05, 3.63) is 90.0 Å². The number of hydrogen-bond donors (Lipinski definition) is 2. The normalized spacial score (nSPS) is 10.4. The van der Waals surface area contributed by atoms with Crippen molar-refractivity contribution in [1.29, 1.82) is 0 Å². The van der Waals surface area contributed by atoms with Crippen LogP contribution in [0.15, 0.2) is 78.9 Å². The molecule has 3 rings (SSSR count). The van der Waals surface area contributed by atoms with E-state index in [2.05, 4.69) is 22.8 Å². The third-order valence-electron chi connectivity index (χ3n) is 4.88. The monoisotopic (exact) mass is 478 g/mol. The molecule has 0 saturated carbocycles. The Bertz CT molecular complexity index is 1020. The van der Waals surface area contributed by atoms with Crippen molar-refractivity contribution in [2.75, 3.05) is 31.7 Å². The zero-order chi connectivity index (χ0) is 24.0. The number of aryl methyl sites for hydroxylation is 1. The summed E-state index contributed by atoms with van der Waals surface area (Å²) in [5.74, 6) is 1.17. The Morgan fingerprint density at radius 2 is 1.47 bits per heavy atom. The van der Waals surface area contributed by atoms with Gasteiger partial charge in [-0.2, -0.15) is 0 Å². The molecule has 0 heterocycles. The maximum atomic E-state index is 12.4. The maximum Gasteiger partial charge on any atom is 0.257 e. The van der Waals surface area contributed by atoms with E-state index in [4.69, 9.17) is 26.4 Å². The smallest absolute Gasteiger partial charge is 0.257 e. The predicted molar refractivity (Wildman–Crippen MR) is 139 cm³/mol. The topological polar surface area (TPSA) is 68.8 Å². The molecule has 3 aromatic carbocycles. The summed E-state index contributed by atoms with van der Waals surface area (Å²) < 4.78 is 16.6. The molecule has 0 aliphatic carbocycles. The standard InChI is InChI=1S/C27H30N2O4S/c1-2-31-19-20-33-24-14-10-22(11-15-24)26(30)29-27(34)28-23-12-16-25(17-13-23)32-18-6-9-21-7-4-3-5-8-21/h3-5,7-8,10-17H,2,6,9,18-20H2,1H3,(H2,28,29,30,34). The van der Waals surface area contributed by atoms with Gasteiger partial charge in [-0.15, -0.1) is 0 Å². The second kappa shape index (κ2) is 14.0. The lowest BCUT2D eigenvalue weighted by Gasteiger charge is -2.11. The molecule has 0 bridgehead atoms. The Labute approximate surface area is 206 Å². The highest BCUT2D eigenvalue weighted by molar-refractivity contribution is 7.80. The van der Waals surface area contributed by atoms with Crippen LogP contribution in [0, 0.1) is 0 Å². The molecule has 0 radical (unpaired) electrons. The van der Waals surface area contributed by atoms with Gasteiger partial charge in [0.2, 0.25) is 0 Å².